The summed E-state index contributed by atoms with van der Waals surface area (Å²) in [6.45, 7) is 11.8. The number of benzene rings is 1. The first-order chi connectivity index (χ1) is 37.0. The summed E-state index contributed by atoms with van der Waals surface area (Å²) < 4.78 is 32.8. The van der Waals surface area contributed by atoms with E-state index in [1.807, 2.05) is 77.9 Å². The predicted molar refractivity (Wildman–Crippen MR) is 293 cm³/mol. The number of nitrogens with zero attached hydrogens (tertiary/aromatic N) is 5. The average molecular weight is 1130 g/mol. The summed E-state index contributed by atoms with van der Waals surface area (Å²) >= 11 is 0. The molecule has 21 nitrogen and oxygen atoms in total. The molecule has 1 aliphatic heterocycles. The van der Waals surface area contributed by atoms with E-state index in [-0.39, 0.29) is 110 Å². The molecule has 79 heavy (non-hydrogen) atoms. The van der Waals surface area contributed by atoms with Gasteiger partial charge in [0.05, 0.1) is 46.6 Å². The van der Waals surface area contributed by atoms with Gasteiger partial charge in [0.25, 0.3) is 0 Å². The third kappa shape index (κ3) is 23.0. The fourth-order valence-corrected chi connectivity index (χ4v) is 10.1. The number of unbranched alkanes of at least 4 members (excludes halogenated alkanes) is 3. The van der Waals surface area contributed by atoms with Crippen LogP contribution in [0.1, 0.15) is 129 Å². The van der Waals surface area contributed by atoms with Crippen LogP contribution in [0.3, 0.4) is 0 Å². The fourth-order valence-electron chi connectivity index (χ4n) is 9.64. The van der Waals surface area contributed by atoms with Gasteiger partial charge in [0.1, 0.15) is 24.2 Å². The monoisotopic (exact) mass is 1130 g/mol. The molecule has 0 saturated carbocycles. The molecule has 1 aromatic carbocycles. The Morgan fingerprint density at radius 1 is 0.861 bits per heavy atom. The summed E-state index contributed by atoms with van der Waals surface area (Å²) in [6, 6.07) is 9.62. The second-order valence-electron chi connectivity index (χ2n) is 21.5. The third-order valence-corrected chi connectivity index (χ3v) is 15.3. The zero-order valence-corrected chi connectivity index (χ0v) is 50.6. The summed E-state index contributed by atoms with van der Waals surface area (Å²) in [5, 5.41) is 23.9. The first-order valence-corrected chi connectivity index (χ1v) is 29.1. The van der Waals surface area contributed by atoms with Crippen molar-refractivity contribution in [2.75, 3.05) is 32.9 Å². The maximum absolute atomic E-state index is 14.9. The van der Waals surface area contributed by atoms with Crippen LogP contribution >= 0.6 is 0 Å². The van der Waals surface area contributed by atoms with E-state index in [1.165, 1.54) is 30.2 Å². The fraction of sp³-hybridized carbons (Fsp3) is 0.625. The molecular formula is C56H85N10NaO11S. The Hall–Kier alpha value is -5.26. The van der Waals surface area contributed by atoms with E-state index in [0.29, 0.717) is 69.3 Å². The number of carbonyl (C=O) groups excluding carboxylic acids is 7. The van der Waals surface area contributed by atoms with Crippen LogP contribution in [0.4, 0.5) is 0 Å². The van der Waals surface area contributed by atoms with Crippen molar-refractivity contribution in [3.63, 3.8) is 0 Å². The second-order valence-corrected chi connectivity index (χ2v) is 23.1. The van der Waals surface area contributed by atoms with E-state index < -0.39 is 81.7 Å². The Bertz CT molecular complexity index is 2490. The molecule has 4 rings (SSSR count). The molecule has 2 aromatic heterocycles. The number of H-pyrrole nitrogens is 1. The maximum atomic E-state index is 14.9. The van der Waals surface area contributed by atoms with Crippen LogP contribution in [0.2, 0.25) is 0 Å². The summed E-state index contributed by atoms with van der Waals surface area (Å²) in [5.74, 6) is -4.81. The number of rotatable bonds is 33. The van der Waals surface area contributed by atoms with E-state index in [4.69, 9.17) is 0 Å². The molecule has 1 saturated heterocycles. The van der Waals surface area contributed by atoms with Crippen molar-refractivity contribution in [1.82, 2.24) is 50.9 Å². The number of aliphatic hydroxyl groups excluding tert-OH is 1. The van der Waals surface area contributed by atoms with Gasteiger partial charge in [-0.25, -0.2) is 13.4 Å². The van der Waals surface area contributed by atoms with Crippen molar-refractivity contribution < 1.29 is 81.2 Å². The molecule has 1 aliphatic rings. The van der Waals surface area contributed by atoms with E-state index >= 15 is 0 Å². The molecular weight excluding hydrogens is 1040 g/mol. The summed E-state index contributed by atoms with van der Waals surface area (Å²) in [4.78, 5) is 113. The largest absolute Gasteiger partial charge is 1.00 e. The van der Waals surface area contributed by atoms with Crippen molar-refractivity contribution in [3.05, 3.63) is 84.2 Å². The van der Waals surface area contributed by atoms with Crippen molar-refractivity contribution in [2.24, 2.45) is 23.7 Å². The van der Waals surface area contributed by atoms with E-state index in [0.717, 1.165) is 5.56 Å². The molecule has 8 atom stereocenters. The number of hydrogen-bond donors (Lipinski definition) is 6. The van der Waals surface area contributed by atoms with Crippen molar-refractivity contribution >= 4 is 51.5 Å². The van der Waals surface area contributed by atoms with Gasteiger partial charge in [-0.3, -0.25) is 38.5 Å². The molecule has 0 radical (unpaired) electrons. The summed E-state index contributed by atoms with van der Waals surface area (Å²) in [6.07, 6.45) is 7.98. The van der Waals surface area contributed by atoms with Gasteiger partial charge in [-0.05, 0) is 74.0 Å². The third-order valence-electron chi connectivity index (χ3n) is 14.6. The number of amides is 7. The summed E-state index contributed by atoms with van der Waals surface area (Å²) in [7, 11) is -1.50. The van der Waals surface area contributed by atoms with Crippen LogP contribution in [0.25, 0.3) is 0 Å². The van der Waals surface area contributed by atoms with Crippen molar-refractivity contribution in [2.45, 2.75) is 168 Å². The standard InChI is InChI=1S/C56H86N10O11S.Na/c1-9-39(6)51(55(73)59-35-41-22-17-18-26-58-41)63-52(70)43(38(4)5)33-48(67)44(30-37(2)3)61-54(72)47(32-42-34-57-36-60-42)65(8)56(74)45(31-40-20-13-12-14-21-40)62-53(71)46-23-19-27-66(46)50(69)25-16-11-10-15-24-49(68)64(7)28-29-78(75,76)77;/h12-14,17-18,20-22,26,34,36-39,43-48,51,67H,9-11,15-16,19,23-25,27-33,35H2,1-8H3,(H,57,60)(H,59,73)(H,61,72)(H,62,71)(H,63,70)(H,75,76,77);/q;+1/p-1/t39-,43-,44-,45-,46-,47-,48?,51-;/m0./s1. The van der Waals surface area contributed by atoms with Gasteiger partial charge < -0.3 is 50.6 Å². The Morgan fingerprint density at radius 2 is 1.54 bits per heavy atom. The molecule has 6 N–H and O–H groups in total. The van der Waals surface area contributed by atoms with Crippen LogP contribution < -0.4 is 50.8 Å². The molecule has 3 heterocycles. The number of aromatic nitrogens is 3. The molecule has 7 amide bonds. The smallest absolute Gasteiger partial charge is 0.748 e. The minimum absolute atomic E-state index is 0. The Balaban J connectivity index is 0.0000164. The Morgan fingerprint density at radius 3 is 2.15 bits per heavy atom. The van der Waals surface area contributed by atoms with E-state index in [9.17, 15) is 51.6 Å². The van der Waals surface area contributed by atoms with Gasteiger partial charge in [0.15, 0.2) is 0 Å². The quantitative estimate of drug-likeness (QED) is 0.0278. The first-order valence-electron chi connectivity index (χ1n) is 27.5. The number of likely N-dealkylation sites (N-methyl/N-ethyl adjacent to an activating group) is 1. The number of nitrogens with one attached hydrogen (secondary N) is 5. The Labute approximate surface area is 489 Å². The molecule has 1 fully saturated rings. The molecule has 0 aliphatic carbocycles. The predicted octanol–water partition coefficient (Wildman–Crippen LogP) is 0.642. The first kappa shape index (κ1) is 68.0. The number of carbonyl (C=O) groups is 7. The second kappa shape index (κ2) is 34.1. The number of aromatic amines is 1. The zero-order chi connectivity index (χ0) is 57.5. The number of hydrogen-bond acceptors (Lipinski definition) is 13. The average Bonchev–Trinajstić information content (AvgIpc) is 4.15. The normalized spacial score (nSPS) is 16.1. The van der Waals surface area contributed by atoms with Crippen LogP contribution in [0.15, 0.2) is 67.3 Å². The molecule has 432 valence electrons. The Kier molecular flexibility index (Phi) is 29.4. The van der Waals surface area contributed by atoms with Gasteiger partial charge in [-0.15, -0.1) is 0 Å². The SMILES string of the molecule is CC[C@H](C)[C@H](NC(=O)[C@@H](CC(O)[C@H](CC(C)C)NC(=O)[C@H](Cc1cnc[nH]1)N(C)C(=O)[C@H](Cc1ccccc1)NC(=O)[C@@H]1CCCN1C(=O)CCCCCCC(=O)N(C)CCS(=O)(=O)[O-])C(C)C)C(=O)NCc1ccccn1.[Na+]. The van der Waals surface area contributed by atoms with Crippen molar-refractivity contribution in [3.8, 4) is 0 Å². The van der Waals surface area contributed by atoms with Crippen LogP contribution in [-0.2, 0) is 63.1 Å². The van der Waals surface area contributed by atoms with Gasteiger partial charge in [0, 0.05) is 76.9 Å². The number of imidazole rings is 1. The van der Waals surface area contributed by atoms with Crippen molar-refractivity contribution in [1.29, 1.82) is 0 Å². The molecule has 23 heteroatoms. The zero-order valence-electron chi connectivity index (χ0n) is 47.8. The summed E-state index contributed by atoms with van der Waals surface area (Å²) in [5.41, 5.74) is 1.95. The van der Waals surface area contributed by atoms with Crippen LogP contribution in [-0.4, -0.2) is 158 Å². The molecule has 0 bridgehead atoms. The van der Waals surface area contributed by atoms with Gasteiger partial charge in [0.2, 0.25) is 41.4 Å². The minimum Gasteiger partial charge on any atom is -0.748 e. The maximum Gasteiger partial charge on any atom is 1.00 e. The number of pyridine rings is 1. The number of aliphatic hydroxyl groups is 1. The van der Waals surface area contributed by atoms with E-state index in [1.54, 1.807) is 29.4 Å². The van der Waals surface area contributed by atoms with Gasteiger partial charge >= 0.3 is 29.6 Å². The van der Waals surface area contributed by atoms with Gasteiger partial charge in [-0.1, -0.05) is 97.2 Å². The van der Waals surface area contributed by atoms with Crippen LogP contribution in [0, 0.1) is 23.7 Å². The van der Waals surface area contributed by atoms with E-state index in [2.05, 4.69) is 36.2 Å². The minimum atomic E-state index is -4.44. The van der Waals surface area contributed by atoms with Crippen LogP contribution in [0.5, 0.6) is 0 Å². The number of likely N-dealkylation sites (tertiary alicyclic amines) is 1. The molecule has 3 aromatic rings. The molecule has 1 unspecified atom stereocenters. The topological polar surface area (TPSA) is 296 Å². The molecule has 0 spiro atoms. The van der Waals surface area contributed by atoms with Gasteiger partial charge in [-0.2, -0.15) is 0 Å².